The molecule has 0 unspecified atom stereocenters. The molecule has 0 radical (unpaired) electrons. The lowest BCUT2D eigenvalue weighted by atomic mass is 9.73. The van der Waals surface area contributed by atoms with Gasteiger partial charge in [-0.25, -0.2) is 0 Å². The van der Waals surface area contributed by atoms with Gasteiger partial charge in [0.2, 0.25) is 0 Å². The molecule has 0 aromatic carbocycles. The Morgan fingerprint density at radius 1 is 1.20 bits per heavy atom. The molecule has 4 nitrogen and oxygen atoms in total. The minimum absolute atomic E-state index is 0.273. The van der Waals surface area contributed by atoms with Crippen LogP contribution in [0, 0.1) is 5.41 Å². The summed E-state index contributed by atoms with van der Waals surface area (Å²) in [5.41, 5.74) is -1.05. The molecular formula is C8H17Cl2NO3S. The fraction of sp³-hybridized carbons (Fsp3) is 1.00. The first-order valence-corrected chi connectivity index (χ1v) is 6.76. The van der Waals surface area contributed by atoms with Crippen molar-refractivity contribution in [2.45, 2.75) is 39.7 Å². The number of rotatable bonds is 5. The van der Waals surface area contributed by atoms with Crippen molar-refractivity contribution in [2.24, 2.45) is 5.41 Å². The molecule has 0 aliphatic rings. The van der Waals surface area contributed by atoms with Crippen molar-refractivity contribution < 1.29 is 13.0 Å². The van der Waals surface area contributed by atoms with Crippen LogP contribution in [0.15, 0.2) is 0 Å². The molecule has 0 aromatic rings. The van der Waals surface area contributed by atoms with Gasteiger partial charge in [0, 0.05) is 0 Å². The van der Waals surface area contributed by atoms with Crippen LogP contribution in [-0.4, -0.2) is 28.2 Å². The first-order chi connectivity index (χ1) is 6.40. The standard InChI is InChI=1S/C8H17Cl2NO3S/c1-7(2,5-6-15(12,13)14)8(3,4)11(9)10/h5-6H2,1-4H3,(H,12,13,14). The van der Waals surface area contributed by atoms with Crippen LogP contribution in [0.5, 0.6) is 0 Å². The molecule has 0 heterocycles. The van der Waals surface area contributed by atoms with E-state index in [1.54, 1.807) is 13.8 Å². The molecule has 15 heavy (non-hydrogen) atoms. The summed E-state index contributed by atoms with van der Waals surface area (Å²) in [6.45, 7) is 7.29. The van der Waals surface area contributed by atoms with Crippen LogP contribution >= 0.6 is 23.6 Å². The minimum Gasteiger partial charge on any atom is -0.286 e. The zero-order valence-electron chi connectivity index (χ0n) is 9.29. The van der Waals surface area contributed by atoms with Crippen molar-refractivity contribution >= 4 is 33.7 Å². The molecule has 0 aromatic heterocycles. The highest BCUT2D eigenvalue weighted by molar-refractivity contribution is 7.85. The van der Waals surface area contributed by atoms with Gasteiger partial charge in [0.1, 0.15) is 0 Å². The Bertz CT molecular complexity index is 312. The Balaban J connectivity index is 4.69. The third kappa shape index (κ3) is 4.44. The maximum absolute atomic E-state index is 10.7. The molecular weight excluding hydrogens is 261 g/mol. The van der Waals surface area contributed by atoms with Crippen molar-refractivity contribution in [2.75, 3.05) is 5.75 Å². The van der Waals surface area contributed by atoms with E-state index in [9.17, 15) is 8.42 Å². The van der Waals surface area contributed by atoms with Gasteiger partial charge in [-0.05, 0) is 49.2 Å². The fourth-order valence-electron chi connectivity index (χ4n) is 0.919. The van der Waals surface area contributed by atoms with E-state index in [-0.39, 0.29) is 12.2 Å². The Hall–Kier alpha value is 0.450. The smallest absolute Gasteiger partial charge is 0.264 e. The van der Waals surface area contributed by atoms with E-state index in [1.807, 2.05) is 13.8 Å². The van der Waals surface area contributed by atoms with Crippen LogP contribution in [0.4, 0.5) is 0 Å². The van der Waals surface area contributed by atoms with Crippen LogP contribution in [0.25, 0.3) is 0 Å². The highest BCUT2D eigenvalue weighted by Crippen LogP contribution is 2.40. The lowest BCUT2D eigenvalue weighted by Crippen LogP contribution is -2.47. The molecule has 0 spiro atoms. The van der Waals surface area contributed by atoms with Crippen LogP contribution in [0.3, 0.4) is 0 Å². The molecule has 0 amide bonds. The van der Waals surface area contributed by atoms with E-state index in [4.69, 9.17) is 28.1 Å². The maximum atomic E-state index is 10.7. The van der Waals surface area contributed by atoms with E-state index < -0.39 is 21.1 Å². The van der Waals surface area contributed by atoms with Gasteiger partial charge >= 0.3 is 0 Å². The van der Waals surface area contributed by atoms with E-state index in [1.165, 1.54) is 0 Å². The Morgan fingerprint density at radius 3 is 1.87 bits per heavy atom. The molecule has 0 atom stereocenters. The van der Waals surface area contributed by atoms with Crippen molar-refractivity contribution in [1.82, 2.24) is 3.94 Å². The van der Waals surface area contributed by atoms with Gasteiger partial charge in [0.15, 0.2) is 0 Å². The highest BCUT2D eigenvalue weighted by Gasteiger charge is 2.41. The van der Waals surface area contributed by atoms with Gasteiger partial charge in [0.05, 0.1) is 11.3 Å². The third-order valence-corrected chi connectivity index (χ3v) is 4.63. The minimum atomic E-state index is -3.95. The fourth-order valence-corrected chi connectivity index (χ4v) is 2.14. The first-order valence-electron chi connectivity index (χ1n) is 4.47. The van der Waals surface area contributed by atoms with Crippen molar-refractivity contribution in [3.8, 4) is 0 Å². The quantitative estimate of drug-likeness (QED) is 0.620. The lowest BCUT2D eigenvalue weighted by molar-refractivity contribution is 0.123. The van der Waals surface area contributed by atoms with E-state index in [2.05, 4.69) is 0 Å². The topological polar surface area (TPSA) is 57.6 Å². The zero-order valence-corrected chi connectivity index (χ0v) is 11.6. The van der Waals surface area contributed by atoms with Crippen molar-refractivity contribution in [3.63, 3.8) is 0 Å². The Kier molecular flexibility index (Phi) is 4.90. The SMILES string of the molecule is CC(C)(CCS(=O)(=O)O)C(C)(C)N(Cl)Cl. The third-order valence-electron chi connectivity index (χ3n) is 3.06. The maximum Gasteiger partial charge on any atom is 0.264 e. The molecule has 0 rings (SSSR count). The number of nitrogens with zero attached hydrogens (tertiary/aromatic N) is 1. The van der Waals surface area contributed by atoms with E-state index in [0.717, 1.165) is 3.94 Å². The van der Waals surface area contributed by atoms with Crippen molar-refractivity contribution in [1.29, 1.82) is 0 Å². The average molecular weight is 278 g/mol. The molecule has 0 saturated heterocycles. The van der Waals surface area contributed by atoms with Crippen LogP contribution in [-0.2, 0) is 10.1 Å². The molecule has 0 saturated carbocycles. The first kappa shape index (κ1) is 15.4. The van der Waals surface area contributed by atoms with E-state index in [0.29, 0.717) is 0 Å². The average Bonchev–Trinajstić information content (AvgIpc) is 1.99. The largest absolute Gasteiger partial charge is 0.286 e. The van der Waals surface area contributed by atoms with Crippen LogP contribution in [0.2, 0.25) is 0 Å². The zero-order chi connectivity index (χ0) is 12.5. The van der Waals surface area contributed by atoms with Gasteiger partial charge in [-0.15, -0.1) is 3.94 Å². The molecule has 7 heteroatoms. The molecule has 0 aliphatic carbocycles. The number of hydrogen-bond acceptors (Lipinski definition) is 3. The number of hydrogen-bond donors (Lipinski definition) is 1. The van der Waals surface area contributed by atoms with Gasteiger partial charge in [-0.2, -0.15) is 8.42 Å². The molecule has 92 valence electrons. The summed E-state index contributed by atoms with van der Waals surface area (Å²) in [7, 11) is -3.95. The molecule has 1 N–H and O–H groups in total. The number of halogens is 2. The summed E-state index contributed by atoms with van der Waals surface area (Å²) < 4.78 is 31.0. The van der Waals surface area contributed by atoms with Gasteiger partial charge < -0.3 is 0 Å². The molecule has 0 bridgehead atoms. The molecule has 0 fully saturated rings. The predicted octanol–water partition coefficient (Wildman–Crippen LogP) is 2.68. The second-order valence-corrected chi connectivity index (χ2v) is 7.13. The summed E-state index contributed by atoms with van der Waals surface area (Å²) in [6, 6.07) is 0. The van der Waals surface area contributed by atoms with Gasteiger partial charge in [-0.3, -0.25) is 4.55 Å². The molecule has 0 aliphatic heterocycles. The van der Waals surface area contributed by atoms with Crippen LogP contribution < -0.4 is 0 Å². The van der Waals surface area contributed by atoms with Gasteiger partial charge in [-0.1, -0.05) is 13.8 Å². The Morgan fingerprint density at radius 2 is 1.60 bits per heavy atom. The summed E-state index contributed by atoms with van der Waals surface area (Å²) >= 11 is 11.4. The Labute approximate surface area is 102 Å². The highest BCUT2D eigenvalue weighted by atomic mass is 35.5. The van der Waals surface area contributed by atoms with E-state index >= 15 is 0 Å². The monoisotopic (exact) mass is 277 g/mol. The summed E-state index contributed by atoms with van der Waals surface area (Å²) in [5.74, 6) is -0.301. The predicted molar refractivity (Wildman–Crippen MR) is 62.4 cm³/mol. The van der Waals surface area contributed by atoms with Gasteiger partial charge in [0.25, 0.3) is 10.1 Å². The second kappa shape index (κ2) is 4.75. The summed E-state index contributed by atoms with van der Waals surface area (Å²) in [5, 5.41) is 0. The lowest BCUT2D eigenvalue weighted by Gasteiger charge is -2.43. The normalized spacial score (nSPS) is 14.7. The second-order valence-electron chi connectivity index (χ2n) is 4.71. The summed E-state index contributed by atoms with van der Waals surface area (Å²) in [6.07, 6.45) is 0.273. The summed E-state index contributed by atoms with van der Waals surface area (Å²) in [4.78, 5) is 0. The van der Waals surface area contributed by atoms with Crippen molar-refractivity contribution in [3.05, 3.63) is 0 Å². The van der Waals surface area contributed by atoms with Crippen LogP contribution in [0.1, 0.15) is 34.1 Å².